The summed E-state index contributed by atoms with van der Waals surface area (Å²) in [4.78, 5) is 11.9. The lowest BCUT2D eigenvalue weighted by Gasteiger charge is -2.10. The SMILES string of the molecule is CC(C)c1cc(C(=O)NCC(N)C2CC2)nn1C.Cl. The predicted octanol–water partition coefficient (Wildman–Crippen LogP) is 1.43. The van der Waals surface area contributed by atoms with Gasteiger partial charge in [-0.15, -0.1) is 12.4 Å². The monoisotopic (exact) mass is 286 g/mol. The fourth-order valence-electron chi connectivity index (χ4n) is 2.13. The van der Waals surface area contributed by atoms with Crippen LogP contribution in [0.25, 0.3) is 0 Å². The van der Waals surface area contributed by atoms with Gasteiger partial charge in [-0.05, 0) is 30.7 Å². The van der Waals surface area contributed by atoms with Crippen molar-refractivity contribution in [1.29, 1.82) is 0 Å². The predicted molar refractivity (Wildman–Crippen MR) is 77.6 cm³/mol. The molecule has 3 N–H and O–H groups in total. The molecule has 0 aromatic carbocycles. The van der Waals surface area contributed by atoms with E-state index in [1.807, 2.05) is 13.1 Å². The van der Waals surface area contributed by atoms with Crippen molar-refractivity contribution in [1.82, 2.24) is 15.1 Å². The van der Waals surface area contributed by atoms with Crippen LogP contribution < -0.4 is 11.1 Å². The van der Waals surface area contributed by atoms with E-state index in [1.165, 1.54) is 12.8 Å². The summed E-state index contributed by atoms with van der Waals surface area (Å²) in [6.07, 6.45) is 2.39. The number of nitrogens with zero attached hydrogens (tertiary/aromatic N) is 2. The first-order chi connectivity index (χ1) is 8.49. The molecule has 1 aliphatic carbocycles. The van der Waals surface area contributed by atoms with Gasteiger partial charge in [0.05, 0.1) is 0 Å². The zero-order valence-corrected chi connectivity index (χ0v) is 12.5. The summed E-state index contributed by atoms with van der Waals surface area (Å²) in [5.74, 6) is 0.826. The third kappa shape index (κ3) is 3.94. The molecule has 0 aliphatic heterocycles. The van der Waals surface area contributed by atoms with Gasteiger partial charge in [-0.25, -0.2) is 0 Å². The standard InChI is InChI=1S/C13H22N4O.ClH/c1-8(2)12-6-11(16-17(12)3)13(18)15-7-10(14)9-4-5-9;/h6,8-10H,4-5,7,14H2,1-3H3,(H,15,18);1H. The van der Waals surface area contributed by atoms with Crippen molar-refractivity contribution in [2.45, 2.75) is 38.6 Å². The van der Waals surface area contributed by atoms with Crippen LogP contribution in [0.1, 0.15) is 48.8 Å². The number of aryl methyl sites for hydroxylation is 1. The zero-order chi connectivity index (χ0) is 13.3. The number of amides is 1. The Balaban J connectivity index is 0.00000180. The lowest BCUT2D eigenvalue weighted by Crippen LogP contribution is -2.38. The average Bonchev–Trinajstić information content (AvgIpc) is 3.08. The van der Waals surface area contributed by atoms with Crippen LogP contribution in [-0.2, 0) is 7.05 Å². The van der Waals surface area contributed by atoms with Gasteiger partial charge in [-0.3, -0.25) is 9.48 Å². The van der Waals surface area contributed by atoms with Gasteiger partial charge in [0.25, 0.3) is 5.91 Å². The molecule has 1 atom stereocenters. The van der Waals surface area contributed by atoms with Crippen molar-refractivity contribution in [2.24, 2.45) is 18.7 Å². The molecular formula is C13H23ClN4O. The van der Waals surface area contributed by atoms with Crippen LogP contribution in [0, 0.1) is 5.92 Å². The van der Waals surface area contributed by atoms with Gasteiger partial charge in [-0.2, -0.15) is 5.10 Å². The molecule has 0 bridgehead atoms. The van der Waals surface area contributed by atoms with E-state index < -0.39 is 0 Å². The van der Waals surface area contributed by atoms with Crippen molar-refractivity contribution in [3.05, 3.63) is 17.5 Å². The number of halogens is 1. The van der Waals surface area contributed by atoms with Crippen molar-refractivity contribution in [2.75, 3.05) is 6.54 Å². The van der Waals surface area contributed by atoms with Crippen LogP contribution in [-0.4, -0.2) is 28.3 Å². The van der Waals surface area contributed by atoms with E-state index >= 15 is 0 Å². The summed E-state index contributed by atoms with van der Waals surface area (Å²) < 4.78 is 1.76. The molecule has 1 saturated carbocycles. The largest absolute Gasteiger partial charge is 0.349 e. The molecule has 5 nitrogen and oxygen atoms in total. The van der Waals surface area contributed by atoms with Crippen LogP contribution in [0.15, 0.2) is 6.07 Å². The lowest BCUT2D eigenvalue weighted by molar-refractivity contribution is 0.0944. The van der Waals surface area contributed by atoms with Crippen LogP contribution in [0.3, 0.4) is 0 Å². The van der Waals surface area contributed by atoms with Crippen LogP contribution in [0.2, 0.25) is 0 Å². The summed E-state index contributed by atoms with van der Waals surface area (Å²) >= 11 is 0. The Morgan fingerprint density at radius 1 is 1.58 bits per heavy atom. The van der Waals surface area contributed by atoms with Gasteiger partial charge in [0.2, 0.25) is 0 Å². The third-order valence-corrected chi connectivity index (χ3v) is 3.47. The maximum Gasteiger partial charge on any atom is 0.271 e. The summed E-state index contributed by atoms with van der Waals surface area (Å²) in [5.41, 5.74) is 7.49. The van der Waals surface area contributed by atoms with E-state index in [1.54, 1.807) is 4.68 Å². The lowest BCUT2D eigenvalue weighted by atomic mass is 10.1. The van der Waals surface area contributed by atoms with E-state index in [-0.39, 0.29) is 24.4 Å². The highest BCUT2D eigenvalue weighted by Crippen LogP contribution is 2.31. The molecule has 1 fully saturated rings. The second-order valence-corrected chi connectivity index (χ2v) is 5.44. The Kier molecular flexibility index (Phi) is 5.38. The Morgan fingerprint density at radius 3 is 2.68 bits per heavy atom. The average molecular weight is 287 g/mol. The fraction of sp³-hybridized carbons (Fsp3) is 0.692. The minimum atomic E-state index is -0.131. The smallest absolute Gasteiger partial charge is 0.271 e. The first-order valence-electron chi connectivity index (χ1n) is 6.56. The quantitative estimate of drug-likeness (QED) is 0.860. The minimum absolute atomic E-state index is 0. The summed E-state index contributed by atoms with van der Waals surface area (Å²) in [5, 5.41) is 7.09. The van der Waals surface area contributed by atoms with Gasteiger partial charge in [0.15, 0.2) is 0 Å². The number of hydrogen-bond donors (Lipinski definition) is 2. The number of carbonyl (C=O) groups is 1. The van der Waals surface area contributed by atoms with Crippen LogP contribution in [0.4, 0.5) is 0 Å². The molecule has 19 heavy (non-hydrogen) atoms. The zero-order valence-electron chi connectivity index (χ0n) is 11.7. The van der Waals surface area contributed by atoms with Crippen molar-refractivity contribution >= 4 is 18.3 Å². The molecule has 6 heteroatoms. The van der Waals surface area contributed by atoms with E-state index in [0.717, 1.165) is 5.69 Å². The summed E-state index contributed by atoms with van der Waals surface area (Å²) in [6.45, 7) is 4.71. The molecule has 0 radical (unpaired) electrons. The normalized spacial score (nSPS) is 16.1. The summed E-state index contributed by atoms with van der Waals surface area (Å²) in [6, 6.07) is 1.94. The molecule has 1 aromatic rings. The number of rotatable bonds is 5. The second kappa shape index (κ2) is 6.39. The van der Waals surface area contributed by atoms with Gasteiger partial charge < -0.3 is 11.1 Å². The molecule has 108 valence electrons. The van der Waals surface area contributed by atoms with E-state index in [0.29, 0.717) is 24.1 Å². The number of aromatic nitrogens is 2. The number of carbonyl (C=O) groups excluding carboxylic acids is 1. The number of hydrogen-bond acceptors (Lipinski definition) is 3. The molecule has 1 unspecified atom stereocenters. The molecule has 1 aliphatic rings. The Bertz CT molecular complexity index is 440. The molecule has 0 spiro atoms. The molecule has 1 aromatic heterocycles. The maximum atomic E-state index is 11.9. The highest BCUT2D eigenvalue weighted by Gasteiger charge is 2.28. The Labute approximate surface area is 120 Å². The van der Waals surface area contributed by atoms with Crippen LogP contribution >= 0.6 is 12.4 Å². The van der Waals surface area contributed by atoms with Gasteiger partial charge in [0, 0.05) is 25.3 Å². The van der Waals surface area contributed by atoms with Crippen molar-refractivity contribution in [3.63, 3.8) is 0 Å². The second-order valence-electron chi connectivity index (χ2n) is 5.44. The maximum absolute atomic E-state index is 11.9. The van der Waals surface area contributed by atoms with Crippen LogP contribution in [0.5, 0.6) is 0 Å². The van der Waals surface area contributed by atoms with Gasteiger partial charge >= 0.3 is 0 Å². The first kappa shape index (κ1) is 16.0. The van der Waals surface area contributed by atoms with Crippen molar-refractivity contribution < 1.29 is 4.79 Å². The molecule has 0 saturated heterocycles. The molecular weight excluding hydrogens is 264 g/mol. The Hall–Kier alpha value is -1.07. The number of nitrogens with one attached hydrogen (secondary N) is 1. The molecule has 1 amide bonds. The third-order valence-electron chi connectivity index (χ3n) is 3.47. The Morgan fingerprint density at radius 2 is 2.21 bits per heavy atom. The summed E-state index contributed by atoms with van der Waals surface area (Å²) in [7, 11) is 1.86. The molecule has 1 heterocycles. The van der Waals surface area contributed by atoms with Gasteiger partial charge in [0.1, 0.15) is 5.69 Å². The topological polar surface area (TPSA) is 72.9 Å². The highest BCUT2D eigenvalue weighted by molar-refractivity contribution is 5.92. The van der Waals surface area contributed by atoms with E-state index in [9.17, 15) is 4.79 Å². The number of nitrogens with two attached hydrogens (primary N) is 1. The highest BCUT2D eigenvalue weighted by atomic mass is 35.5. The molecule has 2 rings (SSSR count). The minimum Gasteiger partial charge on any atom is -0.349 e. The fourth-order valence-corrected chi connectivity index (χ4v) is 2.13. The first-order valence-corrected chi connectivity index (χ1v) is 6.56. The van der Waals surface area contributed by atoms with Crippen molar-refractivity contribution in [3.8, 4) is 0 Å². The van der Waals surface area contributed by atoms with Gasteiger partial charge in [-0.1, -0.05) is 13.8 Å². The van der Waals surface area contributed by atoms with E-state index in [4.69, 9.17) is 5.73 Å². The van der Waals surface area contributed by atoms with E-state index in [2.05, 4.69) is 24.3 Å².